The van der Waals surface area contributed by atoms with Crippen LogP contribution in [0.1, 0.15) is 19.7 Å². The fraction of sp³-hybridized carbons (Fsp3) is 0.636. The molecule has 0 aromatic carbocycles. The minimum Gasteiger partial charge on any atom is -0.463 e. The molecule has 0 saturated heterocycles. The Hall–Kier alpha value is -1.36. The Balaban J connectivity index is 2.19. The summed E-state index contributed by atoms with van der Waals surface area (Å²) < 4.78 is 12.1. The zero-order chi connectivity index (χ0) is 12.0. The Labute approximate surface area is 95.4 Å². The molecule has 0 bridgehead atoms. The molecule has 16 heavy (non-hydrogen) atoms. The van der Waals surface area contributed by atoms with Crippen LogP contribution in [-0.4, -0.2) is 30.3 Å². The SMILES string of the molecule is CC(C)OCCOC(=O)Cc1[nH]cc[n+]1C. The molecule has 0 amide bonds. The van der Waals surface area contributed by atoms with Crippen LogP contribution < -0.4 is 4.57 Å². The van der Waals surface area contributed by atoms with Gasteiger partial charge in [-0.15, -0.1) is 0 Å². The Morgan fingerprint density at radius 2 is 2.25 bits per heavy atom. The standard InChI is InChI=1S/C11H18N2O3/c1-9(2)15-6-7-16-11(14)8-10-12-4-5-13(10)3/h4-5,9H,6-8H2,1-3H3/p+1. The molecule has 1 aromatic heterocycles. The second-order valence-corrected chi connectivity index (χ2v) is 3.83. The van der Waals surface area contributed by atoms with Crippen molar-refractivity contribution in [2.75, 3.05) is 13.2 Å². The van der Waals surface area contributed by atoms with Crippen molar-refractivity contribution in [3.63, 3.8) is 0 Å². The molecular weight excluding hydrogens is 208 g/mol. The lowest BCUT2D eigenvalue weighted by Gasteiger charge is -2.07. The smallest absolute Gasteiger partial charge is 0.318 e. The third-order valence-electron chi connectivity index (χ3n) is 2.08. The van der Waals surface area contributed by atoms with Crippen LogP contribution in [0.15, 0.2) is 12.4 Å². The van der Waals surface area contributed by atoms with Crippen LogP contribution in [0.5, 0.6) is 0 Å². The molecule has 0 aliphatic carbocycles. The summed E-state index contributed by atoms with van der Waals surface area (Å²) in [6.45, 7) is 4.64. The maximum atomic E-state index is 11.4. The maximum Gasteiger partial charge on any atom is 0.318 e. The number of nitrogens with zero attached hydrogens (tertiary/aromatic N) is 1. The van der Waals surface area contributed by atoms with Gasteiger partial charge in [0.25, 0.3) is 5.82 Å². The Morgan fingerprint density at radius 1 is 1.50 bits per heavy atom. The van der Waals surface area contributed by atoms with E-state index in [0.29, 0.717) is 13.2 Å². The zero-order valence-corrected chi connectivity index (χ0v) is 10.0. The number of carbonyl (C=O) groups is 1. The number of ether oxygens (including phenoxy) is 2. The van der Waals surface area contributed by atoms with E-state index in [1.165, 1.54) is 0 Å². The summed E-state index contributed by atoms with van der Waals surface area (Å²) in [5, 5.41) is 0. The predicted molar refractivity (Wildman–Crippen MR) is 57.7 cm³/mol. The van der Waals surface area contributed by atoms with Gasteiger partial charge in [0.2, 0.25) is 0 Å². The average molecular weight is 227 g/mol. The molecule has 0 spiro atoms. The second-order valence-electron chi connectivity index (χ2n) is 3.83. The molecule has 0 atom stereocenters. The second kappa shape index (κ2) is 6.27. The lowest BCUT2D eigenvalue weighted by molar-refractivity contribution is -0.677. The highest BCUT2D eigenvalue weighted by Gasteiger charge is 2.13. The van der Waals surface area contributed by atoms with E-state index < -0.39 is 0 Å². The van der Waals surface area contributed by atoms with Gasteiger partial charge in [0.15, 0.2) is 0 Å². The number of rotatable bonds is 6. The summed E-state index contributed by atoms with van der Waals surface area (Å²) in [6.07, 6.45) is 4.06. The van der Waals surface area contributed by atoms with Crippen LogP contribution in [0.3, 0.4) is 0 Å². The lowest BCUT2D eigenvalue weighted by atomic mass is 10.4. The molecule has 0 aliphatic heterocycles. The summed E-state index contributed by atoms with van der Waals surface area (Å²) in [6, 6.07) is 0. The quantitative estimate of drug-likeness (QED) is 0.433. The summed E-state index contributed by atoms with van der Waals surface area (Å²) in [5.41, 5.74) is 0. The van der Waals surface area contributed by atoms with Crippen molar-refractivity contribution >= 4 is 5.97 Å². The fourth-order valence-electron chi connectivity index (χ4n) is 1.24. The molecule has 0 fully saturated rings. The van der Waals surface area contributed by atoms with Gasteiger partial charge in [-0.05, 0) is 13.8 Å². The fourth-order valence-corrected chi connectivity index (χ4v) is 1.24. The minimum absolute atomic E-state index is 0.167. The molecule has 0 unspecified atom stereocenters. The minimum atomic E-state index is -0.245. The van der Waals surface area contributed by atoms with Crippen molar-refractivity contribution in [2.24, 2.45) is 7.05 Å². The third-order valence-corrected chi connectivity index (χ3v) is 2.08. The van der Waals surface area contributed by atoms with E-state index >= 15 is 0 Å². The zero-order valence-electron chi connectivity index (χ0n) is 10.0. The molecule has 1 aromatic rings. The van der Waals surface area contributed by atoms with Gasteiger partial charge in [0.1, 0.15) is 25.4 Å². The predicted octanol–water partition coefficient (Wildman–Crippen LogP) is 0.350. The first-order valence-corrected chi connectivity index (χ1v) is 5.38. The van der Waals surface area contributed by atoms with Crippen LogP contribution in [-0.2, 0) is 27.7 Å². The van der Waals surface area contributed by atoms with Gasteiger partial charge in [-0.1, -0.05) is 0 Å². The number of hydrogen-bond donors (Lipinski definition) is 1. The van der Waals surface area contributed by atoms with Gasteiger partial charge in [-0.25, -0.2) is 9.55 Å². The first-order valence-electron chi connectivity index (χ1n) is 5.38. The van der Waals surface area contributed by atoms with E-state index in [1.54, 1.807) is 6.20 Å². The van der Waals surface area contributed by atoms with E-state index in [9.17, 15) is 4.79 Å². The van der Waals surface area contributed by atoms with Crippen LogP contribution in [0.2, 0.25) is 0 Å². The van der Waals surface area contributed by atoms with E-state index in [0.717, 1.165) is 5.82 Å². The van der Waals surface area contributed by atoms with Crippen LogP contribution in [0, 0.1) is 0 Å². The summed E-state index contributed by atoms with van der Waals surface area (Å²) in [5.74, 6) is 0.584. The molecule has 1 N–H and O–H groups in total. The first-order chi connectivity index (χ1) is 7.59. The van der Waals surface area contributed by atoms with Gasteiger partial charge < -0.3 is 9.47 Å². The molecule has 5 nitrogen and oxygen atoms in total. The highest BCUT2D eigenvalue weighted by atomic mass is 16.6. The van der Waals surface area contributed by atoms with Crippen LogP contribution >= 0.6 is 0 Å². The van der Waals surface area contributed by atoms with Crippen molar-refractivity contribution in [2.45, 2.75) is 26.4 Å². The molecule has 0 radical (unpaired) electrons. The molecular formula is C11H19N2O3+. The van der Waals surface area contributed by atoms with Crippen LogP contribution in [0.4, 0.5) is 0 Å². The Morgan fingerprint density at radius 3 is 2.81 bits per heavy atom. The molecule has 0 aliphatic rings. The molecule has 5 heteroatoms. The lowest BCUT2D eigenvalue weighted by Crippen LogP contribution is -2.32. The van der Waals surface area contributed by atoms with Gasteiger partial charge in [-0.2, -0.15) is 0 Å². The van der Waals surface area contributed by atoms with Gasteiger partial charge in [0.05, 0.1) is 19.8 Å². The summed E-state index contributed by atoms with van der Waals surface area (Å²) in [4.78, 5) is 14.4. The highest BCUT2D eigenvalue weighted by molar-refractivity contribution is 5.71. The normalized spacial score (nSPS) is 10.8. The van der Waals surface area contributed by atoms with E-state index in [1.807, 2.05) is 31.7 Å². The van der Waals surface area contributed by atoms with Crippen molar-refractivity contribution in [1.29, 1.82) is 0 Å². The van der Waals surface area contributed by atoms with Crippen molar-refractivity contribution in [1.82, 2.24) is 4.98 Å². The largest absolute Gasteiger partial charge is 0.463 e. The number of aromatic nitrogens is 2. The molecule has 90 valence electrons. The number of aromatic amines is 1. The van der Waals surface area contributed by atoms with Crippen molar-refractivity contribution in [3.8, 4) is 0 Å². The first kappa shape index (κ1) is 12.7. The highest BCUT2D eigenvalue weighted by Crippen LogP contribution is 1.92. The average Bonchev–Trinajstić information content (AvgIpc) is 2.59. The number of aryl methyl sites for hydroxylation is 1. The number of H-pyrrole nitrogens is 1. The van der Waals surface area contributed by atoms with Crippen LogP contribution in [0.25, 0.3) is 0 Å². The van der Waals surface area contributed by atoms with Gasteiger partial charge in [0, 0.05) is 0 Å². The number of imidazole rings is 1. The number of hydrogen-bond acceptors (Lipinski definition) is 3. The van der Waals surface area contributed by atoms with E-state index in [-0.39, 0.29) is 18.5 Å². The third kappa shape index (κ3) is 4.44. The molecule has 0 saturated carbocycles. The van der Waals surface area contributed by atoms with Crippen molar-refractivity contribution < 1.29 is 18.8 Å². The summed E-state index contributed by atoms with van der Waals surface area (Å²) in [7, 11) is 1.88. The number of carbonyl (C=O) groups excluding carboxylic acids is 1. The maximum absolute atomic E-state index is 11.4. The monoisotopic (exact) mass is 227 g/mol. The van der Waals surface area contributed by atoms with Crippen molar-refractivity contribution in [3.05, 3.63) is 18.2 Å². The molecule has 1 heterocycles. The van der Waals surface area contributed by atoms with Gasteiger partial charge >= 0.3 is 5.97 Å². The van der Waals surface area contributed by atoms with E-state index in [4.69, 9.17) is 9.47 Å². The number of nitrogens with one attached hydrogen (secondary N) is 1. The molecule has 1 rings (SSSR count). The Bertz CT molecular complexity index is 334. The number of esters is 1. The van der Waals surface area contributed by atoms with E-state index in [2.05, 4.69) is 4.98 Å². The Kier molecular flexibility index (Phi) is 4.98. The van der Waals surface area contributed by atoms with Gasteiger partial charge in [-0.3, -0.25) is 4.79 Å². The summed E-state index contributed by atoms with van der Waals surface area (Å²) >= 11 is 0. The topological polar surface area (TPSA) is 55.2 Å².